The fourth-order valence-electron chi connectivity index (χ4n) is 1.96. The van der Waals surface area contributed by atoms with Crippen LogP contribution in [0.15, 0.2) is 40.3 Å². The maximum absolute atomic E-state index is 10.7. The molecule has 0 radical (unpaired) electrons. The Hall–Kier alpha value is -0.890. The van der Waals surface area contributed by atoms with Crippen molar-refractivity contribution in [2.45, 2.75) is 18.2 Å². The number of thiocarbonyl (C=S) groups is 1. The molecule has 2 rings (SSSR count). The van der Waals surface area contributed by atoms with Crippen molar-refractivity contribution in [1.29, 1.82) is 0 Å². The second-order valence-electron chi connectivity index (χ2n) is 4.43. The van der Waals surface area contributed by atoms with Gasteiger partial charge in [-0.3, -0.25) is 0 Å². The number of para-hydroxylation sites is 1. The van der Waals surface area contributed by atoms with E-state index in [1.54, 1.807) is 11.8 Å². The SMILES string of the molecule is CC(=S)/C=C1\Sc2ccccc2N1CCCS(=O)(=O)[O-]. The van der Waals surface area contributed by atoms with Crippen LogP contribution in [0.3, 0.4) is 0 Å². The first kappa shape index (κ1) is 15.5. The van der Waals surface area contributed by atoms with Gasteiger partial charge in [-0.05, 0) is 31.6 Å². The maximum Gasteiger partial charge on any atom is 0.0946 e. The lowest BCUT2D eigenvalue weighted by molar-refractivity contribution is 0.461. The topological polar surface area (TPSA) is 60.4 Å². The van der Waals surface area contributed by atoms with Crippen molar-refractivity contribution in [3.8, 4) is 0 Å². The molecule has 0 aromatic heterocycles. The third-order valence-corrected chi connectivity index (χ3v) is 4.76. The Morgan fingerprint density at radius 3 is 2.80 bits per heavy atom. The third kappa shape index (κ3) is 4.05. The number of nitrogens with zero attached hydrogens (tertiary/aromatic N) is 1. The van der Waals surface area contributed by atoms with E-state index in [4.69, 9.17) is 12.2 Å². The summed E-state index contributed by atoms with van der Waals surface area (Å²) in [5.41, 5.74) is 1.03. The van der Waals surface area contributed by atoms with Gasteiger partial charge in [0.15, 0.2) is 0 Å². The van der Waals surface area contributed by atoms with Crippen LogP contribution in [-0.4, -0.2) is 30.1 Å². The Morgan fingerprint density at radius 1 is 1.45 bits per heavy atom. The highest BCUT2D eigenvalue weighted by atomic mass is 32.2. The van der Waals surface area contributed by atoms with Crippen LogP contribution >= 0.6 is 24.0 Å². The van der Waals surface area contributed by atoms with Crippen LogP contribution in [0.1, 0.15) is 13.3 Å². The Morgan fingerprint density at radius 2 is 2.15 bits per heavy atom. The molecule has 0 N–H and O–H groups in total. The summed E-state index contributed by atoms with van der Waals surface area (Å²) < 4.78 is 32.1. The molecule has 0 saturated carbocycles. The quantitative estimate of drug-likeness (QED) is 0.470. The van der Waals surface area contributed by atoms with E-state index in [-0.39, 0.29) is 5.75 Å². The molecule has 1 aromatic carbocycles. The van der Waals surface area contributed by atoms with Gasteiger partial charge >= 0.3 is 0 Å². The van der Waals surface area contributed by atoms with E-state index in [9.17, 15) is 13.0 Å². The van der Waals surface area contributed by atoms with Crippen LogP contribution in [0, 0.1) is 0 Å². The highest BCUT2D eigenvalue weighted by Gasteiger charge is 2.24. The molecule has 1 heterocycles. The molecule has 0 fully saturated rings. The molecule has 1 aliphatic heterocycles. The highest BCUT2D eigenvalue weighted by Crippen LogP contribution is 2.45. The van der Waals surface area contributed by atoms with Crippen LogP contribution in [0.2, 0.25) is 0 Å². The number of hydrogen-bond acceptors (Lipinski definition) is 6. The molecule has 0 spiro atoms. The maximum atomic E-state index is 10.7. The second-order valence-corrected chi connectivity index (χ2v) is 7.66. The molecule has 1 aromatic rings. The summed E-state index contributed by atoms with van der Waals surface area (Å²) in [7, 11) is -4.16. The van der Waals surface area contributed by atoms with Crippen molar-refractivity contribution in [2.24, 2.45) is 0 Å². The van der Waals surface area contributed by atoms with Crippen molar-refractivity contribution in [2.75, 3.05) is 17.2 Å². The summed E-state index contributed by atoms with van der Waals surface area (Å²) in [6.07, 6.45) is 2.19. The molecule has 108 valence electrons. The first-order valence-corrected chi connectivity index (χ1v) is 8.87. The van der Waals surface area contributed by atoms with Crippen LogP contribution in [-0.2, 0) is 10.1 Å². The van der Waals surface area contributed by atoms with E-state index in [0.29, 0.717) is 13.0 Å². The van der Waals surface area contributed by atoms with Gasteiger partial charge in [-0.15, -0.1) is 0 Å². The lowest BCUT2D eigenvalue weighted by atomic mass is 10.3. The van der Waals surface area contributed by atoms with Crippen molar-refractivity contribution >= 4 is 44.6 Å². The molecule has 0 unspecified atom stereocenters. The molecule has 0 bridgehead atoms. The number of benzene rings is 1. The summed E-state index contributed by atoms with van der Waals surface area (Å²) in [5, 5.41) is 0.974. The zero-order chi connectivity index (χ0) is 14.8. The minimum Gasteiger partial charge on any atom is -0.748 e. The Bertz CT molecular complexity index is 653. The van der Waals surface area contributed by atoms with Gasteiger partial charge < -0.3 is 9.45 Å². The molecule has 0 atom stereocenters. The monoisotopic (exact) mass is 328 g/mol. The Labute approximate surface area is 128 Å². The normalized spacial score (nSPS) is 16.5. The van der Waals surface area contributed by atoms with E-state index >= 15 is 0 Å². The Balaban J connectivity index is 2.19. The van der Waals surface area contributed by atoms with Crippen LogP contribution in [0.4, 0.5) is 5.69 Å². The first-order valence-electron chi connectivity index (χ1n) is 6.07. The van der Waals surface area contributed by atoms with E-state index < -0.39 is 10.1 Å². The van der Waals surface area contributed by atoms with Gasteiger partial charge in [0, 0.05) is 22.1 Å². The van der Waals surface area contributed by atoms with E-state index in [1.165, 1.54) is 0 Å². The average Bonchev–Trinajstić information content (AvgIpc) is 2.65. The van der Waals surface area contributed by atoms with Crippen molar-refractivity contribution < 1.29 is 13.0 Å². The average molecular weight is 328 g/mol. The van der Waals surface area contributed by atoms with Gasteiger partial charge in [0.05, 0.1) is 20.8 Å². The number of allylic oxidation sites excluding steroid dienone is 1. The fraction of sp³-hybridized carbons (Fsp3) is 0.308. The standard InChI is InChI=1S/C13H15NO3S3/c1-10(18)9-13-14(7-4-8-20(15,16)17)11-5-2-3-6-12(11)19-13/h2-3,5-6,9H,4,7-8H2,1H3,(H,15,16,17)/p-1/b13-9-. The summed E-state index contributed by atoms with van der Waals surface area (Å²) in [5.74, 6) is -0.347. The molecular weight excluding hydrogens is 314 g/mol. The number of hydrogen-bond donors (Lipinski definition) is 0. The van der Waals surface area contributed by atoms with Gasteiger partial charge in [-0.25, -0.2) is 8.42 Å². The van der Waals surface area contributed by atoms with Gasteiger partial charge in [-0.2, -0.15) is 0 Å². The smallest absolute Gasteiger partial charge is 0.0946 e. The van der Waals surface area contributed by atoms with Crippen LogP contribution in [0.25, 0.3) is 0 Å². The van der Waals surface area contributed by atoms with Crippen LogP contribution < -0.4 is 4.90 Å². The summed E-state index contributed by atoms with van der Waals surface area (Å²) >= 11 is 6.71. The van der Waals surface area contributed by atoms with Gasteiger partial charge in [0.1, 0.15) is 0 Å². The highest BCUT2D eigenvalue weighted by molar-refractivity contribution is 8.03. The molecule has 4 nitrogen and oxygen atoms in total. The molecule has 20 heavy (non-hydrogen) atoms. The molecule has 1 aliphatic rings. The minimum atomic E-state index is -4.16. The van der Waals surface area contributed by atoms with E-state index in [1.807, 2.05) is 42.2 Å². The predicted octanol–water partition coefficient (Wildman–Crippen LogP) is 2.77. The predicted molar refractivity (Wildman–Crippen MR) is 85.2 cm³/mol. The lowest BCUT2D eigenvalue weighted by Crippen LogP contribution is -2.22. The summed E-state index contributed by atoms with van der Waals surface area (Å²) in [6.45, 7) is 2.33. The molecule has 7 heteroatoms. The van der Waals surface area contributed by atoms with Crippen LogP contribution in [0.5, 0.6) is 0 Å². The van der Waals surface area contributed by atoms with Gasteiger partial charge in [0.25, 0.3) is 0 Å². The largest absolute Gasteiger partial charge is 0.748 e. The zero-order valence-electron chi connectivity index (χ0n) is 10.9. The Kier molecular flexibility index (Phi) is 4.85. The molecule has 0 aliphatic carbocycles. The van der Waals surface area contributed by atoms with E-state index in [2.05, 4.69) is 0 Å². The van der Waals surface area contributed by atoms with E-state index in [0.717, 1.165) is 20.5 Å². The number of thioether (sulfide) groups is 1. The first-order chi connectivity index (χ1) is 9.37. The van der Waals surface area contributed by atoms with Crippen molar-refractivity contribution in [3.05, 3.63) is 35.4 Å². The fourth-order valence-corrected chi connectivity index (χ4v) is 3.82. The molecular formula is C13H14NO3S3-. The van der Waals surface area contributed by atoms with Gasteiger partial charge in [0.2, 0.25) is 0 Å². The number of rotatable bonds is 5. The summed E-state index contributed by atoms with van der Waals surface area (Å²) in [4.78, 5) is 3.89. The molecule has 0 amide bonds. The summed E-state index contributed by atoms with van der Waals surface area (Å²) in [6, 6.07) is 7.88. The number of anilines is 1. The number of fused-ring (bicyclic) bond motifs is 1. The van der Waals surface area contributed by atoms with Crippen molar-refractivity contribution in [1.82, 2.24) is 0 Å². The molecule has 0 saturated heterocycles. The minimum absolute atomic E-state index is 0.300. The van der Waals surface area contributed by atoms with Gasteiger partial charge in [-0.1, -0.05) is 36.1 Å². The lowest BCUT2D eigenvalue weighted by Gasteiger charge is -2.20. The zero-order valence-corrected chi connectivity index (χ0v) is 13.4. The second kappa shape index (κ2) is 6.26. The third-order valence-electron chi connectivity index (χ3n) is 2.74. The van der Waals surface area contributed by atoms with Crippen molar-refractivity contribution in [3.63, 3.8) is 0 Å².